The summed E-state index contributed by atoms with van der Waals surface area (Å²) in [6, 6.07) is 11.1. The number of carbonyl (C=O) groups excluding carboxylic acids is 1. The van der Waals surface area contributed by atoms with Crippen molar-refractivity contribution in [3.63, 3.8) is 0 Å². The summed E-state index contributed by atoms with van der Waals surface area (Å²) in [6.07, 6.45) is 5.18. The van der Waals surface area contributed by atoms with Crippen LogP contribution in [0.1, 0.15) is 23.6 Å². The van der Waals surface area contributed by atoms with Crippen LogP contribution in [-0.4, -0.2) is 38.2 Å². The van der Waals surface area contributed by atoms with E-state index < -0.39 is 0 Å². The zero-order valence-corrected chi connectivity index (χ0v) is 13.7. The number of nitrogens with one attached hydrogen (secondary N) is 1. The lowest BCUT2D eigenvalue weighted by atomic mass is 9.99. The summed E-state index contributed by atoms with van der Waals surface area (Å²) in [7, 11) is 1.62. The van der Waals surface area contributed by atoms with E-state index in [-0.39, 0.29) is 18.4 Å². The molecule has 3 rings (SSSR count). The van der Waals surface area contributed by atoms with Crippen molar-refractivity contribution in [2.75, 3.05) is 7.11 Å². The summed E-state index contributed by atoms with van der Waals surface area (Å²) in [5.74, 6) is 0.676. The lowest BCUT2D eigenvalue weighted by Gasteiger charge is -2.20. The maximum atomic E-state index is 12.4. The fraction of sp³-hybridized carbons (Fsp3) is 0.235. The highest BCUT2D eigenvalue weighted by Gasteiger charge is 2.17. The molecule has 1 N–H and O–H groups in total. The SMILES string of the molecule is COc1ccc(C(NC(=O)CCn2cnnn2)c2ccncc2)cc1. The van der Waals surface area contributed by atoms with Gasteiger partial charge in [-0.25, -0.2) is 4.68 Å². The maximum absolute atomic E-state index is 12.4. The largest absolute Gasteiger partial charge is 0.497 e. The number of aryl methyl sites for hydroxylation is 1. The van der Waals surface area contributed by atoms with E-state index >= 15 is 0 Å². The maximum Gasteiger partial charge on any atom is 0.222 e. The fourth-order valence-electron chi connectivity index (χ4n) is 2.44. The molecule has 0 saturated heterocycles. The molecule has 1 amide bonds. The van der Waals surface area contributed by atoms with Crippen LogP contribution in [0.2, 0.25) is 0 Å². The molecule has 1 aromatic carbocycles. The first-order chi connectivity index (χ1) is 12.3. The van der Waals surface area contributed by atoms with Crippen LogP contribution in [0.3, 0.4) is 0 Å². The number of carbonyl (C=O) groups is 1. The number of aromatic nitrogens is 5. The second-order valence-electron chi connectivity index (χ2n) is 5.38. The summed E-state index contributed by atoms with van der Waals surface area (Å²) in [5.41, 5.74) is 1.92. The Morgan fingerprint density at radius 2 is 1.88 bits per heavy atom. The minimum atomic E-state index is -0.268. The molecule has 8 heteroatoms. The smallest absolute Gasteiger partial charge is 0.222 e. The van der Waals surface area contributed by atoms with E-state index in [9.17, 15) is 4.79 Å². The highest BCUT2D eigenvalue weighted by Crippen LogP contribution is 2.24. The van der Waals surface area contributed by atoms with Crippen molar-refractivity contribution in [2.45, 2.75) is 19.0 Å². The standard InChI is InChI=1S/C17H18N6O2/c1-25-15-4-2-13(3-5-15)17(14-6-9-18-10-7-14)20-16(24)8-11-23-12-19-21-22-23/h2-7,9-10,12,17H,8,11H2,1H3,(H,20,24). The lowest BCUT2D eigenvalue weighted by molar-refractivity contribution is -0.121. The van der Waals surface area contributed by atoms with Gasteiger partial charge in [0.05, 0.1) is 19.7 Å². The van der Waals surface area contributed by atoms with Crippen molar-refractivity contribution in [3.8, 4) is 5.75 Å². The average molecular weight is 338 g/mol. The molecule has 0 aliphatic carbocycles. The van der Waals surface area contributed by atoms with Gasteiger partial charge in [-0.1, -0.05) is 12.1 Å². The Balaban J connectivity index is 1.75. The molecule has 8 nitrogen and oxygen atoms in total. The summed E-state index contributed by atoms with van der Waals surface area (Å²) >= 11 is 0. The monoisotopic (exact) mass is 338 g/mol. The van der Waals surface area contributed by atoms with Gasteiger partial charge >= 0.3 is 0 Å². The van der Waals surface area contributed by atoms with Gasteiger partial charge in [-0.3, -0.25) is 9.78 Å². The summed E-state index contributed by atoms with van der Waals surface area (Å²) in [5, 5.41) is 13.9. The van der Waals surface area contributed by atoms with E-state index in [1.165, 1.54) is 11.0 Å². The molecular weight excluding hydrogens is 320 g/mol. The van der Waals surface area contributed by atoms with Crippen LogP contribution in [0, 0.1) is 0 Å². The molecule has 0 bridgehead atoms. The molecule has 0 aliphatic rings. The van der Waals surface area contributed by atoms with Gasteiger partial charge in [0.2, 0.25) is 5.91 Å². The van der Waals surface area contributed by atoms with E-state index in [0.29, 0.717) is 6.54 Å². The zero-order valence-electron chi connectivity index (χ0n) is 13.7. The van der Waals surface area contributed by atoms with Crippen LogP contribution < -0.4 is 10.1 Å². The van der Waals surface area contributed by atoms with Gasteiger partial charge in [-0.15, -0.1) is 5.10 Å². The van der Waals surface area contributed by atoms with Crippen molar-refractivity contribution in [3.05, 3.63) is 66.2 Å². The predicted octanol–water partition coefficient (Wildman–Crippen LogP) is 1.37. The molecule has 3 aromatic rings. The molecule has 0 radical (unpaired) electrons. The normalized spacial score (nSPS) is 11.7. The topological polar surface area (TPSA) is 94.8 Å². The number of pyridine rings is 1. The van der Waals surface area contributed by atoms with E-state index in [4.69, 9.17) is 4.74 Å². The van der Waals surface area contributed by atoms with Crippen LogP contribution in [-0.2, 0) is 11.3 Å². The Hall–Kier alpha value is -3.29. The number of nitrogens with zero attached hydrogens (tertiary/aromatic N) is 5. The minimum absolute atomic E-state index is 0.0897. The third-order valence-corrected chi connectivity index (χ3v) is 3.75. The van der Waals surface area contributed by atoms with E-state index in [1.807, 2.05) is 36.4 Å². The number of rotatable bonds is 7. The summed E-state index contributed by atoms with van der Waals surface area (Å²) < 4.78 is 6.72. The first-order valence-corrected chi connectivity index (χ1v) is 7.80. The van der Waals surface area contributed by atoms with Gasteiger partial charge in [-0.05, 0) is 45.8 Å². The first-order valence-electron chi connectivity index (χ1n) is 7.80. The first kappa shape index (κ1) is 16.6. The minimum Gasteiger partial charge on any atom is -0.497 e. The van der Waals surface area contributed by atoms with Gasteiger partial charge in [0, 0.05) is 18.8 Å². The van der Waals surface area contributed by atoms with Crippen LogP contribution >= 0.6 is 0 Å². The van der Waals surface area contributed by atoms with E-state index in [2.05, 4.69) is 25.8 Å². The Morgan fingerprint density at radius 1 is 1.16 bits per heavy atom. The van der Waals surface area contributed by atoms with E-state index in [1.54, 1.807) is 19.5 Å². The number of benzene rings is 1. The number of amides is 1. The van der Waals surface area contributed by atoms with Gasteiger partial charge in [0.15, 0.2) is 0 Å². The summed E-state index contributed by atoms with van der Waals surface area (Å²) in [4.78, 5) is 16.4. The molecule has 2 heterocycles. The van der Waals surface area contributed by atoms with Crippen LogP contribution in [0.25, 0.3) is 0 Å². The fourth-order valence-corrected chi connectivity index (χ4v) is 2.44. The molecule has 0 saturated carbocycles. The second kappa shape index (κ2) is 8.00. The zero-order chi connectivity index (χ0) is 17.5. The van der Waals surface area contributed by atoms with E-state index in [0.717, 1.165) is 16.9 Å². The Morgan fingerprint density at radius 3 is 2.52 bits per heavy atom. The molecule has 0 fully saturated rings. The molecule has 1 unspecified atom stereocenters. The molecule has 0 aliphatic heterocycles. The third kappa shape index (κ3) is 4.37. The van der Waals surface area contributed by atoms with Crippen molar-refractivity contribution in [1.82, 2.24) is 30.5 Å². The highest BCUT2D eigenvalue weighted by molar-refractivity contribution is 5.76. The van der Waals surface area contributed by atoms with Crippen LogP contribution in [0.15, 0.2) is 55.1 Å². The van der Waals surface area contributed by atoms with Crippen LogP contribution in [0.5, 0.6) is 5.75 Å². The molecule has 0 spiro atoms. The van der Waals surface area contributed by atoms with Gasteiger partial charge in [0.1, 0.15) is 12.1 Å². The van der Waals surface area contributed by atoms with Gasteiger partial charge in [0.25, 0.3) is 0 Å². The lowest BCUT2D eigenvalue weighted by Crippen LogP contribution is -2.30. The van der Waals surface area contributed by atoms with Gasteiger partial charge in [-0.2, -0.15) is 0 Å². The molecular formula is C17H18N6O2. The Kier molecular flexibility index (Phi) is 5.30. The molecule has 128 valence electrons. The average Bonchev–Trinajstić information content (AvgIpc) is 3.19. The van der Waals surface area contributed by atoms with Crippen molar-refractivity contribution in [2.24, 2.45) is 0 Å². The highest BCUT2D eigenvalue weighted by atomic mass is 16.5. The Bertz CT molecular complexity index is 790. The number of methoxy groups -OCH3 is 1. The van der Waals surface area contributed by atoms with Crippen molar-refractivity contribution in [1.29, 1.82) is 0 Å². The second-order valence-corrected chi connectivity index (χ2v) is 5.38. The predicted molar refractivity (Wildman–Crippen MR) is 89.7 cm³/mol. The van der Waals surface area contributed by atoms with Crippen molar-refractivity contribution >= 4 is 5.91 Å². The van der Waals surface area contributed by atoms with Crippen LogP contribution in [0.4, 0.5) is 0 Å². The Labute approximate surface area is 144 Å². The van der Waals surface area contributed by atoms with Crippen molar-refractivity contribution < 1.29 is 9.53 Å². The quantitative estimate of drug-likeness (QED) is 0.699. The summed E-state index contributed by atoms with van der Waals surface area (Å²) in [6.45, 7) is 0.421. The number of hydrogen-bond donors (Lipinski definition) is 1. The molecule has 2 aromatic heterocycles. The van der Waals surface area contributed by atoms with Gasteiger partial charge < -0.3 is 10.1 Å². The molecule has 1 atom stereocenters. The third-order valence-electron chi connectivity index (χ3n) is 3.75. The molecule has 25 heavy (non-hydrogen) atoms. The number of ether oxygens (including phenoxy) is 1. The number of hydrogen-bond acceptors (Lipinski definition) is 6. The number of tetrazole rings is 1.